The van der Waals surface area contributed by atoms with Gasteiger partial charge in [0.25, 0.3) is 5.91 Å². The highest BCUT2D eigenvalue weighted by atomic mass is 19.4. The molecule has 5 nitrogen and oxygen atoms in total. The number of nitrogens with one attached hydrogen (secondary N) is 1. The van der Waals surface area contributed by atoms with Gasteiger partial charge in [0.2, 0.25) is 0 Å². The highest BCUT2D eigenvalue weighted by molar-refractivity contribution is 6.04. The zero-order valence-corrected chi connectivity index (χ0v) is 17.3. The Morgan fingerprint density at radius 2 is 1.72 bits per heavy atom. The van der Waals surface area contributed by atoms with Gasteiger partial charge in [-0.3, -0.25) is 4.79 Å². The van der Waals surface area contributed by atoms with Crippen molar-refractivity contribution in [1.29, 1.82) is 0 Å². The molecule has 0 aromatic heterocycles. The second-order valence-electron chi connectivity index (χ2n) is 7.30. The summed E-state index contributed by atoms with van der Waals surface area (Å²) in [7, 11) is 0. The fraction of sp³-hybridized carbons (Fsp3) is 0.250. The number of alkyl halides is 3. The van der Waals surface area contributed by atoms with Gasteiger partial charge in [-0.05, 0) is 35.6 Å². The van der Waals surface area contributed by atoms with Crippen LogP contribution in [0.4, 0.5) is 13.2 Å². The fourth-order valence-corrected chi connectivity index (χ4v) is 3.30. The Labute approximate surface area is 182 Å². The van der Waals surface area contributed by atoms with Crippen molar-refractivity contribution in [1.82, 2.24) is 5.32 Å². The maximum Gasteiger partial charge on any atom is 0.416 e. The molecule has 0 radical (unpaired) electrons. The third-order valence-electron chi connectivity index (χ3n) is 4.97. The topological polar surface area (TPSA) is 75.6 Å². The number of fused-ring (bicyclic) bond motifs is 1. The smallest absolute Gasteiger partial charge is 0.416 e. The van der Waals surface area contributed by atoms with Gasteiger partial charge in [-0.1, -0.05) is 55.8 Å². The van der Waals surface area contributed by atoms with Crippen LogP contribution in [0.1, 0.15) is 41.3 Å². The van der Waals surface area contributed by atoms with Crippen LogP contribution in [0.25, 0.3) is 10.8 Å². The van der Waals surface area contributed by atoms with E-state index in [1.807, 2.05) is 19.1 Å². The van der Waals surface area contributed by atoms with Crippen LogP contribution in [0.15, 0.2) is 60.7 Å². The molecule has 3 aromatic rings. The summed E-state index contributed by atoms with van der Waals surface area (Å²) in [5.74, 6) is -1.49. The summed E-state index contributed by atoms with van der Waals surface area (Å²) >= 11 is 0. The van der Waals surface area contributed by atoms with Gasteiger partial charge in [-0.15, -0.1) is 0 Å². The second-order valence-corrected chi connectivity index (χ2v) is 7.30. The number of carboxylic acid groups (broad SMARTS) is 1. The number of amides is 1. The first kappa shape index (κ1) is 23.1. The van der Waals surface area contributed by atoms with Crippen LogP contribution in [0.3, 0.4) is 0 Å². The monoisotopic (exact) mass is 445 g/mol. The number of rotatable bonds is 8. The Balaban J connectivity index is 1.90. The number of ether oxygens (including phenoxy) is 1. The normalized spacial score (nSPS) is 12.4. The largest absolute Gasteiger partial charge is 0.487 e. The molecule has 1 atom stereocenters. The minimum absolute atomic E-state index is 0.0657. The molecule has 0 aliphatic heterocycles. The third-order valence-corrected chi connectivity index (χ3v) is 4.97. The van der Waals surface area contributed by atoms with Crippen LogP contribution < -0.4 is 10.1 Å². The highest BCUT2D eigenvalue weighted by Crippen LogP contribution is 2.32. The molecule has 0 aliphatic carbocycles. The first-order chi connectivity index (χ1) is 15.2. The van der Waals surface area contributed by atoms with E-state index in [9.17, 15) is 27.9 Å². The summed E-state index contributed by atoms with van der Waals surface area (Å²) in [6.45, 7) is 1.75. The van der Waals surface area contributed by atoms with Crippen molar-refractivity contribution in [2.75, 3.05) is 0 Å². The molecule has 1 unspecified atom stereocenters. The van der Waals surface area contributed by atoms with Crippen molar-refractivity contribution in [3.05, 3.63) is 77.4 Å². The fourth-order valence-electron chi connectivity index (χ4n) is 3.30. The average Bonchev–Trinajstić information content (AvgIpc) is 2.76. The first-order valence-corrected chi connectivity index (χ1v) is 10.0. The molecule has 0 spiro atoms. The SMILES string of the molecule is CCCC(NC(=O)c1ccc2ccccc2c1OCc1ccc(C(F)(F)F)cc1)C(=O)O. The maximum atomic E-state index is 12.9. The lowest BCUT2D eigenvalue weighted by atomic mass is 10.0. The lowest BCUT2D eigenvalue weighted by molar-refractivity contribution is -0.139. The second kappa shape index (κ2) is 9.72. The first-order valence-electron chi connectivity index (χ1n) is 10.0. The number of carboxylic acids is 1. The van der Waals surface area contributed by atoms with Crippen LogP contribution in [0.5, 0.6) is 5.75 Å². The number of halogens is 3. The molecule has 0 saturated carbocycles. The van der Waals surface area contributed by atoms with Crippen molar-refractivity contribution < 1.29 is 32.6 Å². The van der Waals surface area contributed by atoms with Crippen molar-refractivity contribution in [3.63, 3.8) is 0 Å². The molecule has 0 fully saturated rings. The van der Waals surface area contributed by atoms with Crippen LogP contribution in [-0.2, 0) is 17.6 Å². The average molecular weight is 445 g/mol. The zero-order valence-electron chi connectivity index (χ0n) is 17.3. The molecule has 2 N–H and O–H groups in total. The van der Waals surface area contributed by atoms with Gasteiger partial charge in [0.05, 0.1) is 11.1 Å². The minimum Gasteiger partial charge on any atom is -0.487 e. The zero-order chi connectivity index (χ0) is 23.3. The molecule has 32 heavy (non-hydrogen) atoms. The number of carbonyl (C=O) groups is 2. The summed E-state index contributed by atoms with van der Waals surface area (Å²) < 4.78 is 44.3. The molecule has 0 bridgehead atoms. The predicted octanol–water partition coefficient (Wildman–Crippen LogP) is 5.42. The van der Waals surface area contributed by atoms with Crippen molar-refractivity contribution in [2.45, 2.75) is 38.6 Å². The van der Waals surface area contributed by atoms with Crippen LogP contribution in [0.2, 0.25) is 0 Å². The molecular formula is C24H22F3NO4. The Bertz CT molecular complexity index is 1110. The van der Waals surface area contributed by atoms with Crippen LogP contribution in [0, 0.1) is 0 Å². The van der Waals surface area contributed by atoms with Gasteiger partial charge >= 0.3 is 12.1 Å². The number of benzene rings is 3. The van der Waals surface area contributed by atoms with Gasteiger partial charge in [-0.2, -0.15) is 13.2 Å². The summed E-state index contributed by atoms with van der Waals surface area (Å²) in [4.78, 5) is 24.3. The van der Waals surface area contributed by atoms with Gasteiger partial charge in [0.15, 0.2) is 0 Å². The summed E-state index contributed by atoms with van der Waals surface area (Å²) in [6, 6.07) is 14.0. The molecule has 168 valence electrons. The van der Waals surface area contributed by atoms with E-state index in [0.717, 1.165) is 17.5 Å². The molecule has 3 aromatic carbocycles. The summed E-state index contributed by atoms with van der Waals surface area (Å²) in [5, 5.41) is 13.3. The van der Waals surface area contributed by atoms with Crippen LogP contribution in [-0.4, -0.2) is 23.0 Å². The third kappa shape index (κ3) is 5.38. The molecule has 0 heterocycles. The molecule has 0 saturated heterocycles. The lowest BCUT2D eigenvalue weighted by Gasteiger charge is -2.17. The highest BCUT2D eigenvalue weighted by Gasteiger charge is 2.30. The quantitative estimate of drug-likeness (QED) is 0.486. The van der Waals surface area contributed by atoms with E-state index in [2.05, 4.69) is 5.32 Å². The molecule has 8 heteroatoms. The number of hydrogen-bond acceptors (Lipinski definition) is 3. The summed E-state index contributed by atoms with van der Waals surface area (Å²) in [5.41, 5.74) is -0.119. The van der Waals surface area contributed by atoms with E-state index in [1.54, 1.807) is 24.3 Å². The van der Waals surface area contributed by atoms with Crippen molar-refractivity contribution >= 4 is 22.6 Å². The van der Waals surface area contributed by atoms with E-state index in [4.69, 9.17) is 4.74 Å². The number of carbonyl (C=O) groups excluding carboxylic acids is 1. The molecular weight excluding hydrogens is 423 g/mol. The number of aliphatic carboxylic acids is 1. The van der Waals surface area contributed by atoms with Crippen molar-refractivity contribution in [2.24, 2.45) is 0 Å². The molecule has 1 amide bonds. The van der Waals surface area contributed by atoms with E-state index in [1.165, 1.54) is 12.1 Å². The van der Waals surface area contributed by atoms with E-state index < -0.39 is 29.7 Å². The Kier molecular flexibility index (Phi) is 7.02. The Hall–Kier alpha value is -3.55. The standard InChI is InChI=1S/C24H22F3NO4/c1-2-5-20(23(30)31)28-22(29)19-13-10-16-6-3-4-7-18(16)21(19)32-14-15-8-11-17(12-9-15)24(25,26)27/h3-4,6-13,20H,2,5,14H2,1H3,(H,28,29)(H,30,31). The molecule has 3 rings (SSSR count). The minimum atomic E-state index is -4.43. The summed E-state index contributed by atoms with van der Waals surface area (Å²) in [6.07, 6.45) is -3.58. The van der Waals surface area contributed by atoms with E-state index in [-0.39, 0.29) is 24.3 Å². The van der Waals surface area contributed by atoms with E-state index in [0.29, 0.717) is 17.4 Å². The van der Waals surface area contributed by atoms with Gasteiger partial charge in [0.1, 0.15) is 18.4 Å². The van der Waals surface area contributed by atoms with Gasteiger partial charge in [0, 0.05) is 5.39 Å². The number of hydrogen-bond donors (Lipinski definition) is 2. The van der Waals surface area contributed by atoms with Crippen LogP contribution >= 0.6 is 0 Å². The molecule has 0 aliphatic rings. The van der Waals surface area contributed by atoms with Gasteiger partial charge in [-0.25, -0.2) is 4.79 Å². The lowest BCUT2D eigenvalue weighted by Crippen LogP contribution is -2.40. The maximum absolute atomic E-state index is 12.9. The van der Waals surface area contributed by atoms with E-state index >= 15 is 0 Å². The van der Waals surface area contributed by atoms with Gasteiger partial charge < -0.3 is 15.2 Å². The Morgan fingerprint density at radius 3 is 2.34 bits per heavy atom. The Morgan fingerprint density at radius 1 is 1.03 bits per heavy atom. The predicted molar refractivity (Wildman–Crippen MR) is 114 cm³/mol. The van der Waals surface area contributed by atoms with Crippen molar-refractivity contribution in [3.8, 4) is 5.75 Å².